The number of rotatable bonds is 5. The third kappa shape index (κ3) is 4.06. The normalized spacial score (nSPS) is 10.5. The summed E-state index contributed by atoms with van der Waals surface area (Å²) in [6, 6.07) is 7.26. The maximum absolute atomic E-state index is 13.4. The van der Waals surface area contributed by atoms with Crippen molar-refractivity contribution in [1.29, 1.82) is 0 Å². The first-order valence-corrected chi connectivity index (χ1v) is 6.33. The van der Waals surface area contributed by atoms with Gasteiger partial charge in [-0.05, 0) is 30.3 Å². The van der Waals surface area contributed by atoms with Gasteiger partial charge in [0.25, 0.3) is 0 Å². The van der Waals surface area contributed by atoms with Gasteiger partial charge in [-0.25, -0.2) is 9.18 Å². The highest BCUT2D eigenvalue weighted by Crippen LogP contribution is 2.29. The molecule has 0 saturated carbocycles. The Morgan fingerprint density at radius 1 is 1.22 bits per heavy atom. The van der Waals surface area contributed by atoms with Crippen LogP contribution in [0, 0.1) is 5.82 Å². The number of carbonyl (C=O) groups excluding carboxylic acids is 1. The highest BCUT2D eigenvalue weighted by atomic mass is 19.3. The number of hydrogen-bond donors (Lipinski definition) is 2. The summed E-state index contributed by atoms with van der Waals surface area (Å²) in [5.74, 6) is -2.47. The molecule has 2 aromatic carbocycles. The Labute approximate surface area is 129 Å². The van der Waals surface area contributed by atoms with Gasteiger partial charge in [0.15, 0.2) is 11.6 Å². The number of anilines is 2. The van der Waals surface area contributed by atoms with Crippen LogP contribution in [0.4, 0.5) is 24.5 Å². The number of benzene rings is 2. The van der Waals surface area contributed by atoms with E-state index in [1.165, 1.54) is 24.3 Å². The van der Waals surface area contributed by atoms with E-state index in [0.717, 1.165) is 19.2 Å². The molecule has 0 saturated heterocycles. The van der Waals surface area contributed by atoms with Crippen LogP contribution in [0.15, 0.2) is 36.4 Å². The zero-order valence-electron chi connectivity index (χ0n) is 11.8. The molecule has 23 heavy (non-hydrogen) atoms. The van der Waals surface area contributed by atoms with Gasteiger partial charge in [-0.15, -0.1) is 0 Å². The molecule has 0 aliphatic rings. The number of ether oxygens (including phenoxy) is 2. The molecule has 0 atom stereocenters. The summed E-state index contributed by atoms with van der Waals surface area (Å²) in [6.45, 7) is -2.94. The lowest BCUT2D eigenvalue weighted by Crippen LogP contribution is -2.06. The minimum atomic E-state index is -2.94. The standard InChI is InChI=1S/C15H12F3NO4/c1-22-14(21)10-6-11(16)13(20)7-12(10)19-8-2-4-9(5-3-8)23-15(17)18/h2-7,15,19-20H,1H3. The van der Waals surface area contributed by atoms with E-state index >= 15 is 0 Å². The number of methoxy groups -OCH3 is 1. The first kappa shape index (κ1) is 16.5. The lowest BCUT2D eigenvalue weighted by atomic mass is 10.1. The molecule has 122 valence electrons. The molecule has 0 aliphatic heterocycles. The van der Waals surface area contributed by atoms with Crippen molar-refractivity contribution in [1.82, 2.24) is 0 Å². The lowest BCUT2D eigenvalue weighted by molar-refractivity contribution is -0.0498. The maximum atomic E-state index is 13.4. The van der Waals surface area contributed by atoms with Crippen molar-refractivity contribution in [2.75, 3.05) is 12.4 Å². The molecule has 0 spiro atoms. The van der Waals surface area contributed by atoms with Crippen LogP contribution in [-0.2, 0) is 4.74 Å². The average molecular weight is 327 g/mol. The number of esters is 1. The van der Waals surface area contributed by atoms with Crippen molar-refractivity contribution in [3.63, 3.8) is 0 Å². The van der Waals surface area contributed by atoms with Crippen LogP contribution in [0.1, 0.15) is 10.4 Å². The van der Waals surface area contributed by atoms with Crippen LogP contribution in [0.2, 0.25) is 0 Å². The molecule has 2 aromatic rings. The van der Waals surface area contributed by atoms with E-state index < -0.39 is 24.1 Å². The van der Waals surface area contributed by atoms with E-state index in [0.29, 0.717) is 5.69 Å². The SMILES string of the molecule is COC(=O)c1cc(F)c(O)cc1Nc1ccc(OC(F)F)cc1. The van der Waals surface area contributed by atoms with Gasteiger partial charge < -0.3 is 19.9 Å². The monoisotopic (exact) mass is 327 g/mol. The molecule has 0 heterocycles. The Kier molecular flexibility index (Phi) is 4.95. The summed E-state index contributed by atoms with van der Waals surface area (Å²) < 4.78 is 46.3. The zero-order chi connectivity index (χ0) is 17.0. The summed E-state index contributed by atoms with van der Waals surface area (Å²) in [6.07, 6.45) is 0. The Morgan fingerprint density at radius 3 is 2.43 bits per heavy atom. The smallest absolute Gasteiger partial charge is 0.387 e. The fourth-order valence-electron chi connectivity index (χ4n) is 1.82. The van der Waals surface area contributed by atoms with Crippen LogP contribution in [-0.4, -0.2) is 24.8 Å². The summed E-state index contributed by atoms with van der Waals surface area (Å²) in [5, 5.41) is 12.2. The zero-order valence-corrected chi connectivity index (χ0v) is 11.8. The van der Waals surface area contributed by atoms with Gasteiger partial charge in [-0.2, -0.15) is 8.78 Å². The third-order valence-electron chi connectivity index (χ3n) is 2.85. The van der Waals surface area contributed by atoms with Crippen molar-refractivity contribution >= 4 is 17.3 Å². The molecule has 0 radical (unpaired) electrons. The minimum absolute atomic E-state index is 0.0410. The molecule has 2 N–H and O–H groups in total. The molecule has 0 amide bonds. The first-order chi connectivity index (χ1) is 10.9. The number of aromatic hydroxyl groups is 1. The van der Waals surface area contributed by atoms with Gasteiger partial charge in [-0.3, -0.25) is 0 Å². The van der Waals surface area contributed by atoms with Gasteiger partial charge in [0.05, 0.1) is 18.4 Å². The van der Waals surface area contributed by atoms with Crippen molar-refractivity contribution in [2.24, 2.45) is 0 Å². The van der Waals surface area contributed by atoms with Gasteiger partial charge in [-0.1, -0.05) is 0 Å². The highest BCUT2D eigenvalue weighted by Gasteiger charge is 2.16. The molecular weight excluding hydrogens is 315 g/mol. The highest BCUT2D eigenvalue weighted by molar-refractivity contribution is 5.96. The van der Waals surface area contributed by atoms with Gasteiger partial charge in [0.1, 0.15) is 5.75 Å². The van der Waals surface area contributed by atoms with Crippen LogP contribution < -0.4 is 10.1 Å². The molecule has 0 bridgehead atoms. The Morgan fingerprint density at radius 2 is 1.87 bits per heavy atom. The largest absolute Gasteiger partial charge is 0.505 e. The first-order valence-electron chi connectivity index (χ1n) is 6.33. The van der Waals surface area contributed by atoms with Gasteiger partial charge in [0, 0.05) is 11.8 Å². The number of nitrogens with one attached hydrogen (secondary N) is 1. The molecule has 0 unspecified atom stereocenters. The predicted molar refractivity (Wildman–Crippen MR) is 75.8 cm³/mol. The van der Waals surface area contributed by atoms with Crippen LogP contribution in [0.25, 0.3) is 0 Å². The van der Waals surface area contributed by atoms with Gasteiger partial charge in [0.2, 0.25) is 0 Å². The summed E-state index contributed by atoms with van der Waals surface area (Å²) >= 11 is 0. The topological polar surface area (TPSA) is 67.8 Å². The van der Waals surface area contributed by atoms with E-state index in [-0.39, 0.29) is 17.0 Å². The molecular formula is C15H12F3NO4. The lowest BCUT2D eigenvalue weighted by Gasteiger charge is -2.12. The number of hydrogen-bond acceptors (Lipinski definition) is 5. The fraction of sp³-hybridized carbons (Fsp3) is 0.133. The minimum Gasteiger partial charge on any atom is -0.505 e. The van der Waals surface area contributed by atoms with E-state index in [4.69, 9.17) is 0 Å². The van der Waals surface area contributed by atoms with Gasteiger partial charge >= 0.3 is 12.6 Å². The van der Waals surface area contributed by atoms with Crippen molar-refractivity contribution in [2.45, 2.75) is 6.61 Å². The predicted octanol–water partition coefficient (Wildman–Crippen LogP) is 3.66. The van der Waals surface area contributed by atoms with E-state index in [2.05, 4.69) is 14.8 Å². The Bertz CT molecular complexity index is 705. The van der Waals surface area contributed by atoms with E-state index in [1.807, 2.05) is 0 Å². The number of halogens is 3. The summed E-state index contributed by atoms with van der Waals surface area (Å²) in [4.78, 5) is 11.6. The van der Waals surface area contributed by atoms with Crippen molar-refractivity contribution < 1.29 is 32.5 Å². The number of phenols is 1. The maximum Gasteiger partial charge on any atom is 0.387 e. The average Bonchev–Trinajstić information content (AvgIpc) is 2.51. The number of phenolic OH excluding ortho intramolecular Hbond substituents is 1. The second kappa shape index (κ2) is 6.91. The summed E-state index contributed by atoms with van der Waals surface area (Å²) in [7, 11) is 1.13. The van der Waals surface area contributed by atoms with E-state index in [1.54, 1.807) is 0 Å². The van der Waals surface area contributed by atoms with Crippen LogP contribution >= 0.6 is 0 Å². The fourth-order valence-corrected chi connectivity index (χ4v) is 1.82. The molecule has 2 rings (SSSR count). The van der Waals surface area contributed by atoms with E-state index in [9.17, 15) is 23.1 Å². The molecule has 0 aromatic heterocycles. The van der Waals surface area contributed by atoms with Crippen LogP contribution in [0.3, 0.4) is 0 Å². The molecule has 8 heteroatoms. The van der Waals surface area contributed by atoms with Crippen molar-refractivity contribution in [3.05, 3.63) is 47.8 Å². The Balaban J connectivity index is 2.28. The summed E-state index contributed by atoms with van der Waals surface area (Å²) in [5.41, 5.74) is 0.372. The second-order valence-electron chi connectivity index (χ2n) is 4.37. The Hall–Kier alpha value is -2.90. The number of carbonyl (C=O) groups is 1. The van der Waals surface area contributed by atoms with Crippen molar-refractivity contribution in [3.8, 4) is 11.5 Å². The van der Waals surface area contributed by atoms with Crippen LogP contribution in [0.5, 0.6) is 11.5 Å². The quantitative estimate of drug-likeness (QED) is 0.820. The number of alkyl halides is 2. The third-order valence-corrected chi connectivity index (χ3v) is 2.85. The second-order valence-corrected chi connectivity index (χ2v) is 4.37. The molecule has 5 nitrogen and oxygen atoms in total. The molecule has 0 fully saturated rings. The molecule has 0 aliphatic carbocycles.